The summed E-state index contributed by atoms with van der Waals surface area (Å²) in [6.45, 7) is 1.96. The number of fused-ring (bicyclic) bond motifs is 3. The van der Waals surface area contributed by atoms with E-state index in [2.05, 4.69) is 27.9 Å². The fourth-order valence-corrected chi connectivity index (χ4v) is 4.47. The Hall–Kier alpha value is -4.14. The van der Waals surface area contributed by atoms with Gasteiger partial charge in [-0.25, -0.2) is 4.79 Å². The van der Waals surface area contributed by atoms with Gasteiger partial charge in [0.05, 0.1) is 11.9 Å². The average molecular weight is 477 g/mol. The Morgan fingerprint density at radius 2 is 1.71 bits per heavy atom. The molecule has 0 radical (unpaired) electrons. The highest BCUT2D eigenvalue weighted by Gasteiger charge is 2.29. The maximum absolute atomic E-state index is 12.8. The van der Waals surface area contributed by atoms with Crippen LogP contribution in [0.3, 0.4) is 0 Å². The van der Waals surface area contributed by atoms with Gasteiger partial charge in [0, 0.05) is 25.4 Å². The van der Waals surface area contributed by atoms with E-state index in [9.17, 15) is 14.4 Å². The molecule has 0 saturated heterocycles. The molecule has 1 heterocycles. The number of hydrogen-bond acceptors (Lipinski definition) is 5. The number of amides is 2. The zero-order valence-corrected chi connectivity index (χ0v) is 19.7. The molecule has 2 aromatic carbocycles. The fourth-order valence-electron chi connectivity index (χ4n) is 4.47. The van der Waals surface area contributed by atoms with Gasteiger partial charge in [-0.15, -0.1) is 0 Å². The topological polar surface area (TPSA) is 123 Å². The molecule has 0 saturated carbocycles. The first kappa shape index (κ1) is 24.0. The molecule has 2 amide bonds. The molecular weight excluding hydrogens is 448 g/mol. The van der Waals surface area contributed by atoms with Gasteiger partial charge in [-0.2, -0.15) is 5.10 Å². The molecule has 1 unspecified atom stereocenters. The monoisotopic (exact) mass is 476 g/mol. The Bertz CT molecular complexity index is 1210. The van der Waals surface area contributed by atoms with E-state index in [4.69, 9.17) is 9.84 Å². The predicted molar refractivity (Wildman–Crippen MR) is 130 cm³/mol. The highest BCUT2D eigenvalue weighted by Crippen LogP contribution is 2.44. The second-order valence-corrected chi connectivity index (χ2v) is 8.64. The van der Waals surface area contributed by atoms with Crippen LogP contribution in [0.15, 0.2) is 54.7 Å². The van der Waals surface area contributed by atoms with E-state index in [0.29, 0.717) is 12.8 Å². The van der Waals surface area contributed by atoms with Crippen LogP contribution in [0.2, 0.25) is 0 Å². The predicted octanol–water partition coefficient (Wildman–Crippen LogP) is 4.15. The summed E-state index contributed by atoms with van der Waals surface area (Å²) >= 11 is 0. The first-order valence-electron chi connectivity index (χ1n) is 11.5. The van der Waals surface area contributed by atoms with Crippen LogP contribution in [0.5, 0.6) is 0 Å². The number of ether oxygens (including phenoxy) is 1. The van der Waals surface area contributed by atoms with E-state index in [1.165, 1.54) is 10.9 Å². The first-order valence-corrected chi connectivity index (χ1v) is 11.5. The Morgan fingerprint density at radius 3 is 2.34 bits per heavy atom. The summed E-state index contributed by atoms with van der Waals surface area (Å²) in [5.41, 5.74) is 4.92. The summed E-state index contributed by atoms with van der Waals surface area (Å²) in [5.74, 6) is -1.36. The molecule has 0 bridgehead atoms. The quantitative estimate of drug-likeness (QED) is 0.426. The summed E-state index contributed by atoms with van der Waals surface area (Å²) in [5, 5.41) is 18.3. The number of carboxylic acid groups (broad SMARTS) is 1. The van der Waals surface area contributed by atoms with Gasteiger partial charge < -0.3 is 15.2 Å². The number of benzene rings is 2. The molecule has 9 nitrogen and oxygen atoms in total. The zero-order chi connectivity index (χ0) is 24.9. The number of carbonyl (C=O) groups is 3. The highest BCUT2D eigenvalue weighted by molar-refractivity contribution is 6.01. The summed E-state index contributed by atoms with van der Waals surface area (Å²) in [4.78, 5) is 36.1. The van der Waals surface area contributed by atoms with Crippen LogP contribution in [-0.2, 0) is 16.6 Å². The SMILES string of the molecule is CC(CCCC(=O)O)NC(=O)c1c(NC(=O)OCC2c3ccccc3-c3ccccc32)cnn1C. The van der Waals surface area contributed by atoms with Crippen molar-refractivity contribution in [1.29, 1.82) is 0 Å². The van der Waals surface area contributed by atoms with E-state index < -0.39 is 18.0 Å². The second-order valence-electron chi connectivity index (χ2n) is 8.64. The van der Waals surface area contributed by atoms with Gasteiger partial charge in [0.15, 0.2) is 0 Å². The third-order valence-corrected chi connectivity index (χ3v) is 6.14. The van der Waals surface area contributed by atoms with Gasteiger partial charge >= 0.3 is 12.1 Å². The second kappa shape index (κ2) is 10.4. The average Bonchev–Trinajstić information content (AvgIpc) is 3.34. The summed E-state index contributed by atoms with van der Waals surface area (Å²) in [6, 6.07) is 15.9. The first-order chi connectivity index (χ1) is 16.8. The normalized spacial score (nSPS) is 13.0. The van der Waals surface area contributed by atoms with Crippen LogP contribution in [0, 0.1) is 0 Å². The van der Waals surface area contributed by atoms with Crippen LogP contribution in [0.25, 0.3) is 11.1 Å². The summed E-state index contributed by atoms with van der Waals surface area (Å²) < 4.78 is 6.94. The van der Waals surface area contributed by atoms with Gasteiger partial charge in [-0.1, -0.05) is 48.5 Å². The largest absolute Gasteiger partial charge is 0.481 e. The molecular formula is C26H28N4O5. The smallest absolute Gasteiger partial charge is 0.411 e. The van der Waals surface area contributed by atoms with E-state index in [-0.39, 0.29) is 36.4 Å². The van der Waals surface area contributed by atoms with E-state index in [1.807, 2.05) is 36.4 Å². The third-order valence-electron chi connectivity index (χ3n) is 6.14. The molecule has 0 spiro atoms. The molecule has 1 aliphatic rings. The van der Waals surface area contributed by atoms with Crippen molar-refractivity contribution in [1.82, 2.24) is 15.1 Å². The molecule has 3 N–H and O–H groups in total. The number of nitrogens with one attached hydrogen (secondary N) is 2. The molecule has 9 heteroatoms. The number of anilines is 1. The standard InChI is InChI=1S/C26H28N4O5/c1-16(8-7-13-23(31)32)28-25(33)24-22(14-27-30(24)2)29-26(34)35-15-21-19-11-5-3-9-17(19)18-10-4-6-12-20(18)21/h3-6,9-12,14,16,21H,7-8,13,15H2,1-2H3,(H,28,33)(H,29,34)(H,31,32). The van der Waals surface area contributed by atoms with Crippen LogP contribution < -0.4 is 10.6 Å². The van der Waals surface area contributed by atoms with Crippen molar-refractivity contribution in [2.45, 2.75) is 38.1 Å². The molecule has 4 rings (SSSR count). The lowest BCUT2D eigenvalue weighted by Gasteiger charge is -2.16. The lowest BCUT2D eigenvalue weighted by atomic mass is 9.98. The van der Waals surface area contributed by atoms with Crippen molar-refractivity contribution in [3.05, 3.63) is 71.5 Å². The number of carbonyl (C=O) groups excluding carboxylic acids is 2. The Morgan fingerprint density at radius 1 is 1.09 bits per heavy atom. The van der Waals surface area contributed by atoms with Crippen LogP contribution in [-0.4, -0.2) is 45.5 Å². The van der Waals surface area contributed by atoms with Crippen molar-refractivity contribution in [3.8, 4) is 11.1 Å². The lowest BCUT2D eigenvalue weighted by Crippen LogP contribution is -2.34. The van der Waals surface area contributed by atoms with Crippen LogP contribution >= 0.6 is 0 Å². The number of aryl methyl sites for hydroxylation is 1. The number of carboxylic acids is 1. The molecule has 35 heavy (non-hydrogen) atoms. The Balaban J connectivity index is 1.38. The van der Waals surface area contributed by atoms with Crippen LogP contribution in [0.1, 0.15) is 53.7 Å². The number of aliphatic carboxylic acids is 1. The van der Waals surface area contributed by atoms with Crippen molar-refractivity contribution in [2.24, 2.45) is 7.05 Å². The van der Waals surface area contributed by atoms with Crippen LogP contribution in [0.4, 0.5) is 10.5 Å². The molecule has 182 valence electrons. The van der Waals surface area contributed by atoms with E-state index >= 15 is 0 Å². The van der Waals surface area contributed by atoms with Crippen molar-refractivity contribution < 1.29 is 24.2 Å². The lowest BCUT2D eigenvalue weighted by molar-refractivity contribution is -0.137. The number of nitrogens with zero attached hydrogens (tertiary/aromatic N) is 2. The highest BCUT2D eigenvalue weighted by atomic mass is 16.5. The summed E-state index contributed by atoms with van der Waals surface area (Å²) in [6.07, 6.45) is 1.73. The van der Waals surface area contributed by atoms with Gasteiger partial charge in [-0.3, -0.25) is 19.6 Å². The van der Waals surface area contributed by atoms with Gasteiger partial charge in [0.25, 0.3) is 5.91 Å². The minimum absolute atomic E-state index is 0.0422. The summed E-state index contributed by atoms with van der Waals surface area (Å²) in [7, 11) is 1.60. The third kappa shape index (κ3) is 5.34. The Labute approximate surface area is 203 Å². The molecule has 0 fully saturated rings. The zero-order valence-electron chi connectivity index (χ0n) is 19.7. The number of rotatable bonds is 9. The van der Waals surface area contributed by atoms with Crippen molar-refractivity contribution in [2.75, 3.05) is 11.9 Å². The Kier molecular flexibility index (Phi) is 7.14. The molecule has 1 aromatic heterocycles. The minimum atomic E-state index is -0.871. The molecule has 3 aromatic rings. The minimum Gasteiger partial charge on any atom is -0.481 e. The fraction of sp³-hybridized carbons (Fsp3) is 0.308. The molecule has 0 aliphatic heterocycles. The van der Waals surface area contributed by atoms with Gasteiger partial charge in [0.1, 0.15) is 12.3 Å². The number of hydrogen-bond donors (Lipinski definition) is 3. The van der Waals surface area contributed by atoms with E-state index in [0.717, 1.165) is 22.3 Å². The maximum Gasteiger partial charge on any atom is 0.411 e. The van der Waals surface area contributed by atoms with Crippen molar-refractivity contribution in [3.63, 3.8) is 0 Å². The molecule has 1 aliphatic carbocycles. The van der Waals surface area contributed by atoms with E-state index in [1.54, 1.807) is 14.0 Å². The van der Waals surface area contributed by atoms with Gasteiger partial charge in [-0.05, 0) is 42.0 Å². The van der Waals surface area contributed by atoms with Gasteiger partial charge in [0.2, 0.25) is 0 Å². The maximum atomic E-state index is 12.8. The number of aromatic nitrogens is 2. The van der Waals surface area contributed by atoms with Crippen molar-refractivity contribution >= 4 is 23.7 Å². The molecule has 1 atom stereocenters.